The van der Waals surface area contributed by atoms with Crippen LogP contribution in [-0.4, -0.2) is 14.6 Å². The number of carbonyl (C=O) groups is 1. The molecule has 0 bridgehead atoms. The van der Waals surface area contributed by atoms with E-state index < -0.39 is 0 Å². The molecule has 1 atom stereocenters. The lowest BCUT2D eigenvalue weighted by Crippen LogP contribution is -2.16. The van der Waals surface area contributed by atoms with Gasteiger partial charge in [0.25, 0.3) is 0 Å². The third-order valence-electron chi connectivity index (χ3n) is 1.90. The summed E-state index contributed by atoms with van der Waals surface area (Å²) in [6.45, 7) is 4.52. The van der Waals surface area contributed by atoms with Crippen molar-refractivity contribution in [2.45, 2.75) is 31.5 Å². The molecule has 10 heavy (non-hydrogen) atoms. The molecule has 0 aliphatic heterocycles. The van der Waals surface area contributed by atoms with E-state index in [0.717, 1.165) is 6.42 Å². The Morgan fingerprint density at radius 3 is 2.70 bits per heavy atom. The second-order valence-electron chi connectivity index (χ2n) is 3.06. The minimum absolute atomic E-state index is 0.275. The van der Waals surface area contributed by atoms with Gasteiger partial charge >= 0.3 is 0 Å². The molecule has 55 valence electrons. The molecule has 0 saturated carbocycles. The Bertz CT molecular complexity index is 161. The van der Waals surface area contributed by atoms with Gasteiger partial charge in [0.1, 0.15) is 5.78 Å². The third kappa shape index (κ3) is 1.80. The number of allylic oxidation sites excluding steroid dienone is 2. The first-order valence-electron chi connectivity index (χ1n) is 3.68. The van der Waals surface area contributed by atoms with Crippen molar-refractivity contribution in [3.8, 4) is 0 Å². The highest BCUT2D eigenvalue weighted by atomic mass is 28.3. The lowest BCUT2D eigenvalue weighted by Gasteiger charge is -2.17. The largest absolute Gasteiger partial charge is 0.299 e. The summed E-state index contributed by atoms with van der Waals surface area (Å²) < 4.78 is 0. The van der Waals surface area contributed by atoms with Crippen LogP contribution in [0.2, 0.25) is 18.6 Å². The third-order valence-corrected chi connectivity index (χ3v) is 3.78. The van der Waals surface area contributed by atoms with Crippen molar-refractivity contribution in [2.24, 2.45) is 0 Å². The van der Waals surface area contributed by atoms with Crippen molar-refractivity contribution in [2.75, 3.05) is 0 Å². The Balaban J connectivity index is 2.55. The van der Waals surface area contributed by atoms with Gasteiger partial charge in [-0.2, -0.15) is 0 Å². The molecular formula is C8H13OSi. The van der Waals surface area contributed by atoms with Crippen LogP contribution >= 0.6 is 0 Å². The molecule has 1 nitrogen and oxygen atoms in total. The smallest absolute Gasteiger partial charge is 0.136 e. The molecule has 2 heteroatoms. The number of rotatable bonds is 1. The van der Waals surface area contributed by atoms with E-state index in [1.165, 1.54) is 0 Å². The topological polar surface area (TPSA) is 17.1 Å². The summed E-state index contributed by atoms with van der Waals surface area (Å²) in [6.07, 6.45) is 5.72. The first-order valence-corrected chi connectivity index (χ1v) is 6.26. The van der Waals surface area contributed by atoms with Crippen LogP contribution in [0.15, 0.2) is 12.2 Å². The van der Waals surface area contributed by atoms with E-state index in [2.05, 4.69) is 19.2 Å². The zero-order valence-corrected chi connectivity index (χ0v) is 7.55. The Hall–Kier alpha value is -0.373. The highest BCUT2D eigenvalue weighted by Gasteiger charge is 2.17. The Morgan fingerprint density at radius 2 is 2.30 bits per heavy atom. The maximum absolute atomic E-state index is 10.9. The fourth-order valence-corrected chi connectivity index (χ4v) is 2.31. The van der Waals surface area contributed by atoms with Gasteiger partial charge in [0.15, 0.2) is 0 Å². The molecule has 0 aromatic rings. The van der Waals surface area contributed by atoms with Gasteiger partial charge in [-0.15, -0.1) is 0 Å². The van der Waals surface area contributed by atoms with Crippen LogP contribution in [0.3, 0.4) is 0 Å². The summed E-state index contributed by atoms with van der Waals surface area (Å²) >= 11 is 0. The fourth-order valence-electron chi connectivity index (χ4n) is 1.16. The van der Waals surface area contributed by atoms with E-state index in [9.17, 15) is 4.79 Å². The molecule has 0 fully saturated rings. The SMILES string of the molecule is C[Si](C)C1C=CCC(=O)C1. The second-order valence-corrected chi connectivity index (χ2v) is 5.96. The van der Waals surface area contributed by atoms with Crippen LogP contribution in [0.5, 0.6) is 0 Å². The normalized spacial score (nSPS) is 25.9. The monoisotopic (exact) mass is 153 g/mol. The van der Waals surface area contributed by atoms with E-state index in [0.29, 0.717) is 17.7 Å². The van der Waals surface area contributed by atoms with Crippen LogP contribution in [0, 0.1) is 0 Å². The average Bonchev–Trinajstić information content (AvgIpc) is 1.88. The van der Waals surface area contributed by atoms with Crippen molar-refractivity contribution in [3.05, 3.63) is 12.2 Å². The molecule has 0 saturated heterocycles. The molecule has 1 radical (unpaired) electrons. The first kappa shape index (κ1) is 7.73. The molecule has 0 aromatic carbocycles. The van der Waals surface area contributed by atoms with Crippen molar-refractivity contribution < 1.29 is 4.79 Å². The van der Waals surface area contributed by atoms with E-state index in [1.54, 1.807) is 0 Å². The minimum atomic E-state index is -0.275. The minimum Gasteiger partial charge on any atom is -0.299 e. The van der Waals surface area contributed by atoms with Gasteiger partial charge < -0.3 is 0 Å². The number of carbonyl (C=O) groups excluding carboxylic acids is 1. The lowest BCUT2D eigenvalue weighted by atomic mass is 10.1. The second kappa shape index (κ2) is 3.15. The summed E-state index contributed by atoms with van der Waals surface area (Å²) in [5.41, 5.74) is 0.603. The zero-order chi connectivity index (χ0) is 7.56. The molecule has 1 aliphatic carbocycles. The zero-order valence-electron chi connectivity index (χ0n) is 6.55. The van der Waals surface area contributed by atoms with Crippen LogP contribution in [0.4, 0.5) is 0 Å². The summed E-state index contributed by atoms with van der Waals surface area (Å²) in [6, 6.07) is 0. The van der Waals surface area contributed by atoms with Crippen molar-refractivity contribution in [1.82, 2.24) is 0 Å². The van der Waals surface area contributed by atoms with Gasteiger partial charge in [-0.1, -0.05) is 25.2 Å². The van der Waals surface area contributed by atoms with E-state index in [-0.39, 0.29) is 8.80 Å². The van der Waals surface area contributed by atoms with Gasteiger partial charge in [-0.25, -0.2) is 0 Å². The van der Waals surface area contributed by atoms with E-state index in [4.69, 9.17) is 0 Å². The number of Topliss-reactive ketones (excluding diaryl/α,β-unsaturated/α-hetero) is 1. The highest BCUT2D eigenvalue weighted by molar-refractivity contribution is 6.58. The molecule has 1 aliphatic rings. The quantitative estimate of drug-likeness (QED) is 0.416. The average molecular weight is 153 g/mol. The van der Waals surface area contributed by atoms with E-state index >= 15 is 0 Å². The maximum Gasteiger partial charge on any atom is 0.136 e. The van der Waals surface area contributed by atoms with Crippen LogP contribution in [0.1, 0.15) is 12.8 Å². The Morgan fingerprint density at radius 1 is 1.60 bits per heavy atom. The molecule has 0 spiro atoms. The summed E-state index contributed by atoms with van der Waals surface area (Å²) in [5, 5.41) is 0. The predicted octanol–water partition coefficient (Wildman–Crippen LogP) is 2.03. The molecule has 1 unspecified atom stereocenters. The summed E-state index contributed by atoms with van der Waals surface area (Å²) in [7, 11) is -0.275. The van der Waals surface area contributed by atoms with Crippen molar-refractivity contribution >= 4 is 14.6 Å². The number of hydrogen-bond donors (Lipinski definition) is 0. The van der Waals surface area contributed by atoms with E-state index in [1.807, 2.05) is 6.08 Å². The molecule has 1 rings (SSSR count). The van der Waals surface area contributed by atoms with Gasteiger partial charge in [0.2, 0.25) is 0 Å². The molecular weight excluding hydrogens is 140 g/mol. The molecule has 0 aromatic heterocycles. The number of ketones is 1. The molecule has 0 heterocycles. The highest BCUT2D eigenvalue weighted by Crippen LogP contribution is 2.22. The van der Waals surface area contributed by atoms with Crippen molar-refractivity contribution in [1.29, 1.82) is 0 Å². The first-order chi connectivity index (χ1) is 4.70. The fraction of sp³-hybridized carbons (Fsp3) is 0.625. The number of hydrogen-bond acceptors (Lipinski definition) is 1. The summed E-state index contributed by atoms with van der Waals surface area (Å²) in [4.78, 5) is 10.9. The molecule has 0 amide bonds. The van der Waals surface area contributed by atoms with Crippen LogP contribution in [-0.2, 0) is 4.79 Å². The predicted molar refractivity (Wildman–Crippen MR) is 44.6 cm³/mol. The maximum atomic E-state index is 10.9. The Kier molecular flexibility index (Phi) is 2.43. The van der Waals surface area contributed by atoms with Crippen LogP contribution in [0.25, 0.3) is 0 Å². The Labute approximate surface area is 63.7 Å². The van der Waals surface area contributed by atoms with Crippen LogP contribution < -0.4 is 0 Å². The van der Waals surface area contributed by atoms with Gasteiger partial charge in [0, 0.05) is 21.6 Å². The standard InChI is InChI=1S/C8H13OSi/c1-10(2)8-5-3-4-7(9)6-8/h3,5,8H,4,6H2,1-2H3. The molecule has 0 N–H and O–H groups in total. The lowest BCUT2D eigenvalue weighted by molar-refractivity contribution is -0.118. The van der Waals surface area contributed by atoms with Gasteiger partial charge in [0.05, 0.1) is 0 Å². The van der Waals surface area contributed by atoms with Crippen molar-refractivity contribution in [3.63, 3.8) is 0 Å². The van der Waals surface area contributed by atoms with Gasteiger partial charge in [-0.05, 0) is 5.54 Å². The summed E-state index contributed by atoms with van der Waals surface area (Å²) in [5.74, 6) is 0.415. The van der Waals surface area contributed by atoms with Gasteiger partial charge in [-0.3, -0.25) is 4.79 Å².